The fourth-order valence-electron chi connectivity index (χ4n) is 5.66. The van der Waals surface area contributed by atoms with E-state index in [0.717, 1.165) is 61.6 Å². The molecule has 1 aliphatic rings. The molecule has 0 radical (unpaired) electrons. The smallest absolute Gasteiger partial charge is 0.136 e. The van der Waals surface area contributed by atoms with Crippen molar-refractivity contribution in [3.8, 4) is 28.3 Å². The Morgan fingerprint density at radius 2 is 1.50 bits per heavy atom. The molecular formula is C35H26N3OPt-. The molecule has 5 heteroatoms. The molecule has 4 nitrogen and oxygen atoms in total. The van der Waals surface area contributed by atoms with E-state index >= 15 is 0 Å². The van der Waals surface area contributed by atoms with Crippen LogP contribution >= 0.6 is 0 Å². The van der Waals surface area contributed by atoms with E-state index in [1.807, 2.05) is 60.8 Å². The van der Waals surface area contributed by atoms with Gasteiger partial charge in [-0.05, 0) is 52.2 Å². The molecule has 4 aromatic carbocycles. The van der Waals surface area contributed by atoms with E-state index in [1.165, 1.54) is 0 Å². The fourth-order valence-corrected chi connectivity index (χ4v) is 5.66. The second-order valence-electron chi connectivity index (χ2n) is 10.4. The molecule has 0 aliphatic heterocycles. The summed E-state index contributed by atoms with van der Waals surface area (Å²) in [6.07, 6.45) is 1.91. The fraction of sp³-hybridized carbons (Fsp3) is 0.0857. The van der Waals surface area contributed by atoms with E-state index in [0.29, 0.717) is 0 Å². The third-order valence-electron chi connectivity index (χ3n) is 7.68. The van der Waals surface area contributed by atoms with Crippen molar-refractivity contribution in [2.75, 3.05) is 4.90 Å². The molecule has 198 valence electrons. The van der Waals surface area contributed by atoms with Crippen LogP contribution in [0, 0.1) is 6.07 Å². The molecule has 0 atom stereocenters. The number of anilines is 3. The van der Waals surface area contributed by atoms with Crippen LogP contribution in [0.25, 0.3) is 33.3 Å². The van der Waals surface area contributed by atoms with E-state index in [2.05, 4.69) is 73.3 Å². The molecule has 0 saturated carbocycles. The van der Waals surface area contributed by atoms with Crippen molar-refractivity contribution in [3.05, 3.63) is 133 Å². The monoisotopic (exact) mass is 699 g/mol. The maximum atomic E-state index is 10.8. The minimum absolute atomic E-state index is 0. The van der Waals surface area contributed by atoms with Gasteiger partial charge in [-0.15, -0.1) is 29.8 Å². The Labute approximate surface area is 248 Å². The SMILES string of the molecule is CC1(C)c2ccc(-c3[c-]c(N(c4ccccc4)c4cc5ccccc5cn4)ccc3)nc2-c2c(O)cccc21.[Pt]. The standard InChI is InChI=1S/C35H26N3O.Pt/c1-35(2)28-16-9-17-31(39)33(28)34-29(35)18-19-30(37-34)24-12-8-15-27(20-24)38(26-13-4-3-5-14-26)32-21-23-10-6-7-11-25(23)22-36-32;/h3-19,21-22,39H,1-2H3;/q-1;. The van der Waals surface area contributed by atoms with Crippen molar-refractivity contribution < 1.29 is 26.2 Å². The number of para-hydroxylation sites is 1. The van der Waals surface area contributed by atoms with Crippen LogP contribution in [-0.2, 0) is 26.5 Å². The zero-order valence-electron chi connectivity index (χ0n) is 22.1. The second-order valence-corrected chi connectivity index (χ2v) is 10.4. The molecule has 2 heterocycles. The van der Waals surface area contributed by atoms with Gasteiger partial charge in [0.25, 0.3) is 0 Å². The number of hydrogen-bond acceptors (Lipinski definition) is 4. The van der Waals surface area contributed by atoms with Crippen molar-refractivity contribution in [3.63, 3.8) is 0 Å². The zero-order chi connectivity index (χ0) is 26.6. The number of fused-ring (bicyclic) bond motifs is 4. The zero-order valence-corrected chi connectivity index (χ0v) is 24.3. The largest absolute Gasteiger partial charge is 0.507 e. The first-order valence-electron chi connectivity index (χ1n) is 13.1. The first-order chi connectivity index (χ1) is 19.0. The summed E-state index contributed by atoms with van der Waals surface area (Å²) >= 11 is 0. The van der Waals surface area contributed by atoms with Gasteiger partial charge < -0.3 is 10.0 Å². The van der Waals surface area contributed by atoms with Gasteiger partial charge in [0.2, 0.25) is 0 Å². The quantitative estimate of drug-likeness (QED) is 0.188. The third kappa shape index (κ3) is 4.20. The Morgan fingerprint density at radius 3 is 2.33 bits per heavy atom. The van der Waals surface area contributed by atoms with Gasteiger partial charge in [0.05, 0.1) is 5.69 Å². The molecule has 0 amide bonds. The first kappa shape index (κ1) is 26.0. The summed E-state index contributed by atoms with van der Waals surface area (Å²) in [5.74, 6) is 1.08. The van der Waals surface area contributed by atoms with Crippen LogP contribution in [0.4, 0.5) is 17.2 Å². The van der Waals surface area contributed by atoms with Crippen LogP contribution in [0.5, 0.6) is 5.75 Å². The molecule has 1 N–H and O–H groups in total. The van der Waals surface area contributed by atoms with Crippen molar-refractivity contribution in [1.82, 2.24) is 9.97 Å². The number of rotatable bonds is 4. The van der Waals surface area contributed by atoms with Gasteiger partial charge in [-0.25, -0.2) is 4.98 Å². The van der Waals surface area contributed by atoms with Crippen molar-refractivity contribution >= 4 is 28.0 Å². The number of aromatic hydroxyl groups is 1. The first-order valence-corrected chi connectivity index (χ1v) is 13.1. The molecular weight excluding hydrogens is 673 g/mol. The predicted octanol–water partition coefficient (Wildman–Crippen LogP) is 8.58. The molecule has 2 aromatic heterocycles. The molecule has 40 heavy (non-hydrogen) atoms. The number of benzene rings is 4. The summed E-state index contributed by atoms with van der Waals surface area (Å²) in [7, 11) is 0. The number of hydrogen-bond donors (Lipinski definition) is 1. The van der Waals surface area contributed by atoms with Crippen molar-refractivity contribution in [2.24, 2.45) is 0 Å². The molecule has 0 saturated heterocycles. The molecule has 0 fully saturated rings. The summed E-state index contributed by atoms with van der Waals surface area (Å²) < 4.78 is 0. The molecule has 6 aromatic rings. The van der Waals surface area contributed by atoms with Crippen molar-refractivity contribution in [1.29, 1.82) is 0 Å². The van der Waals surface area contributed by atoms with Gasteiger partial charge in [-0.3, -0.25) is 4.98 Å². The average molecular weight is 700 g/mol. The maximum absolute atomic E-state index is 10.8. The second kappa shape index (κ2) is 10.0. The normalized spacial score (nSPS) is 12.8. The Hall–Kier alpha value is -4.27. The Morgan fingerprint density at radius 1 is 0.750 bits per heavy atom. The van der Waals surface area contributed by atoms with Crippen LogP contribution in [-0.4, -0.2) is 15.1 Å². The van der Waals surface area contributed by atoms with Crippen LogP contribution in [0.1, 0.15) is 25.0 Å². The number of nitrogens with zero attached hydrogens (tertiary/aromatic N) is 3. The predicted molar refractivity (Wildman–Crippen MR) is 158 cm³/mol. The van der Waals surface area contributed by atoms with Gasteiger partial charge >= 0.3 is 0 Å². The van der Waals surface area contributed by atoms with Gasteiger partial charge in [0, 0.05) is 49.3 Å². The summed E-state index contributed by atoms with van der Waals surface area (Å²) in [5.41, 5.74) is 7.18. The van der Waals surface area contributed by atoms with E-state index in [9.17, 15) is 5.11 Å². The van der Waals surface area contributed by atoms with Crippen LogP contribution in [0.15, 0.2) is 115 Å². The molecule has 7 rings (SSSR count). The number of phenols is 1. The molecule has 1 aliphatic carbocycles. The summed E-state index contributed by atoms with van der Waals surface area (Å²) in [4.78, 5) is 12.0. The van der Waals surface area contributed by atoms with Crippen molar-refractivity contribution in [2.45, 2.75) is 19.3 Å². The topological polar surface area (TPSA) is 49.2 Å². The number of phenolic OH excluding ortho intramolecular Hbond substituents is 1. The van der Waals surface area contributed by atoms with E-state index in [1.54, 1.807) is 6.07 Å². The van der Waals surface area contributed by atoms with Crippen LogP contribution < -0.4 is 4.90 Å². The van der Waals surface area contributed by atoms with E-state index in [-0.39, 0.29) is 32.2 Å². The van der Waals surface area contributed by atoms with Gasteiger partial charge in [0.15, 0.2) is 0 Å². The molecule has 0 spiro atoms. The van der Waals surface area contributed by atoms with E-state index in [4.69, 9.17) is 9.97 Å². The minimum atomic E-state index is -0.230. The van der Waals surface area contributed by atoms with Gasteiger partial charge in [-0.2, -0.15) is 0 Å². The third-order valence-corrected chi connectivity index (χ3v) is 7.68. The summed E-state index contributed by atoms with van der Waals surface area (Å²) in [6, 6.07) is 40.2. The minimum Gasteiger partial charge on any atom is -0.507 e. The Balaban J connectivity index is 0.00000289. The van der Waals surface area contributed by atoms with Gasteiger partial charge in [-0.1, -0.05) is 80.6 Å². The Bertz CT molecular complexity index is 1870. The molecule has 0 bridgehead atoms. The van der Waals surface area contributed by atoms with Crippen LogP contribution in [0.2, 0.25) is 0 Å². The Kier molecular flexibility index (Phi) is 6.52. The average Bonchev–Trinajstić information content (AvgIpc) is 3.21. The maximum Gasteiger partial charge on any atom is 0.136 e. The van der Waals surface area contributed by atoms with Gasteiger partial charge in [0.1, 0.15) is 11.6 Å². The van der Waals surface area contributed by atoms with Crippen LogP contribution in [0.3, 0.4) is 0 Å². The number of pyridine rings is 2. The summed E-state index contributed by atoms with van der Waals surface area (Å²) in [5, 5.41) is 13.0. The summed E-state index contributed by atoms with van der Waals surface area (Å²) in [6.45, 7) is 4.36. The molecule has 0 unspecified atom stereocenters. The van der Waals surface area contributed by atoms with E-state index < -0.39 is 0 Å². The number of aromatic nitrogens is 2.